The molecule has 2 aliphatic heterocycles. The number of fused-ring (bicyclic) bond motifs is 1. The van der Waals surface area contributed by atoms with Crippen molar-refractivity contribution in [3.05, 3.63) is 0 Å². The van der Waals surface area contributed by atoms with Gasteiger partial charge in [-0.2, -0.15) is 0 Å². The Kier molecular flexibility index (Phi) is 3.32. The lowest BCUT2D eigenvalue weighted by molar-refractivity contribution is -0.141. The predicted octanol–water partition coefficient (Wildman–Crippen LogP) is 1.14. The number of likely N-dealkylation sites (tertiary alicyclic amines) is 1. The molecule has 0 aromatic rings. The summed E-state index contributed by atoms with van der Waals surface area (Å²) in [6.07, 6.45) is 5.40. The van der Waals surface area contributed by atoms with Crippen molar-refractivity contribution in [2.75, 3.05) is 13.1 Å². The van der Waals surface area contributed by atoms with Crippen LogP contribution in [0.15, 0.2) is 0 Å². The molecule has 102 valence electrons. The van der Waals surface area contributed by atoms with Crippen molar-refractivity contribution >= 4 is 5.91 Å². The Balaban J connectivity index is 1.59. The first-order valence-electron chi connectivity index (χ1n) is 7.33. The Morgan fingerprint density at radius 3 is 2.67 bits per heavy atom. The summed E-state index contributed by atoms with van der Waals surface area (Å²) in [6, 6.07) is 0.351. The highest BCUT2D eigenvalue weighted by atomic mass is 16.5. The lowest BCUT2D eigenvalue weighted by atomic mass is 9.79. The minimum atomic E-state index is -0.172. The van der Waals surface area contributed by atoms with Gasteiger partial charge < -0.3 is 15.4 Å². The molecule has 3 fully saturated rings. The fourth-order valence-electron chi connectivity index (χ4n) is 3.84. The molecule has 3 unspecified atom stereocenters. The maximum atomic E-state index is 12.4. The fraction of sp³-hybridized carbons (Fsp3) is 0.929. The molecule has 1 saturated carbocycles. The summed E-state index contributed by atoms with van der Waals surface area (Å²) < 4.78 is 5.69. The second-order valence-electron chi connectivity index (χ2n) is 6.35. The van der Waals surface area contributed by atoms with Crippen LogP contribution in [0.4, 0.5) is 0 Å². The van der Waals surface area contributed by atoms with E-state index in [2.05, 4.69) is 6.92 Å². The zero-order valence-corrected chi connectivity index (χ0v) is 11.2. The number of amides is 1. The summed E-state index contributed by atoms with van der Waals surface area (Å²) in [4.78, 5) is 14.4. The van der Waals surface area contributed by atoms with Crippen molar-refractivity contribution in [3.63, 3.8) is 0 Å². The molecule has 0 radical (unpaired) electrons. The molecule has 18 heavy (non-hydrogen) atoms. The average Bonchev–Trinajstić information content (AvgIpc) is 2.93. The Bertz CT molecular complexity index is 334. The van der Waals surface area contributed by atoms with Gasteiger partial charge in [0.2, 0.25) is 0 Å². The predicted molar refractivity (Wildman–Crippen MR) is 69.0 cm³/mol. The second-order valence-corrected chi connectivity index (χ2v) is 6.35. The lowest BCUT2D eigenvalue weighted by Crippen LogP contribution is -2.38. The zero-order chi connectivity index (χ0) is 12.7. The number of ether oxygens (including phenoxy) is 1. The van der Waals surface area contributed by atoms with Gasteiger partial charge in [0.05, 0.1) is 6.10 Å². The van der Waals surface area contributed by atoms with Gasteiger partial charge in [-0.15, -0.1) is 0 Å². The Morgan fingerprint density at radius 1 is 1.17 bits per heavy atom. The molecule has 0 spiro atoms. The lowest BCUT2D eigenvalue weighted by Gasteiger charge is -2.27. The fourth-order valence-corrected chi connectivity index (χ4v) is 3.84. The number of nitrogens with zero attached hydrogens (tertiary/aromatic N) is 1. The third-order valence-electron chi connectivity index (χ3n) is 4.91. The molecule has 3 aliphatic rings. The van der Waals surface area contributed by atoms with E-state index >= 15 is 0 Å². The van der Waals surface area contributed by atoms with E-state index in [9.17, 15) is 4.79 Å². The number of nitrogens with two attached hydrogens (primary N) is 1. The smallest absolute Gasteiger partial charge is 0.251 e. The van der Waals surface area contributed by atoms with Gasteiger partial charge >= 0.3 is 0 Å². The van der Waals surface area contributed by atoms with Gasteiger partial charge in [0, 0.05) is 19.1 Å². The van der Waals surface area contributed by atoms with Gasteiger partial charge in [0.1, 0.15) is 6.10 Å². The van der Waals surface area contributed by atoms with E-state index in [1.807, 2.05) is 4.90 Å². The summed E-state index contributed by atoms with van der Waals surface area (Å²) in [5.74, 6) is 1.55. The highest BCUT2D eigenvalue weighted by Gasteiger charge is 2.41. The topological polar surface area (TPSA) is 55.6 Å². The standard InChI is InChI=1S/C14H24N2O2/c1-9-2-5-13(18-9)14(17)16-7-10-3-4-12(15)6-11(10)8-16/h9-13H,2-8,15H2,1H3/t9?,10-,11+,12?,13?/m1/s1. The van der Waals surface area contributed by atoms with Crippen molar-refractivity contribution in [1.29, 1.82) is 0 Å². The van der Waals surface area contributed by atoms with Crippen LogP contribution in [0.5, 0.6) is 0 Å². The largest absolute Gasteiger partial charge is 0.365 e. The van der Waals surface area contributed by atoms with Crippen molar-refractivity contribution in [3.8, 4) is 0 Å². The Hall–Kier alpha value is -0.610. The molecule has 0 aromatic carbocycles. The van der Waals surface area contributed by atoms with Crippen LogP contribution in [-0.2, 0) is 9.53 Å². The quantitative estimate of drug-likeness (QED) is 0.761. The molecule has 0 aromatic heterocycles. The van der Waals surface area contributed by atoms with E-state index < -0.39 is 0 Å². The first-order valence-corrected chi connectivity index (χ1v) is 7.33. The van der Waals surface area contributed by atoms with Crippen LogP contribution in [0, 0.1) is 11.8 Å². The molecule has 2 N–H and O–H groups in total. The number of hydrogen-bond acceptors (Lipinski definition) is 3. The molecule has 5 atom stereocenters. The maximum Gasteiger partial charge on any atom is 0.251 e. The summed E-state index contributed by atoms with van der Waals surface area (Å²) in [5.41, 5.74) is 6.02. The molecular weight excluding hydrogens is 228 g/mol. The van der Waals surface area contributed by atoms with E-state index in [1.54, 1.807) is 0 Å². The summed E-state index contributed by atoms with van der Waals surface area (Å²) in [5, 5.41) is 0. The van der Waals surface area contributed by atoms with Gasteiger partial charge in [-0.3, -0.25) is 4.79 Å². The van der Waals surface area contributed by atoms with Gasteiger partial charge in [0.15, 0.2) is 0 Å². The van der Waals surface area contributed by atoms with Crippen LogP contribution in [0.1, 0.15) is 39.0 Å². The van der Waals surface area contributed by atoms with Crippen LogP contribution in [0.3, 0.4) is 0 Å². The minimum Gasteiger partial charge on any atom is -0.365 e. The first kappa shape index (κ1) is 12.4. The van der Waals surface area contributed by atoms with Gasteiger partial charge in [0.25, 0.3) is 5.91 Å². The summed E-state index contributed by atoms with van der Waals surface area (Å²) in [6.45, 7) is 3.89. The number of rotatable bonds is 1. The maximum absolute atomic E-state index is 12.4. The first-order chi connectivity index (χ1) is 8.63. The summed E-state index contributed by atoms with van der Waals surface area (Å²) in [7, 11) is 0. The number of carbonyl (C=O) groups is 1. The highest BCUT2D eigenvalue weighted by molar-refractivity contribution is 5.81. The molecule has 2 saturated heterocycles. The molecule has 0 bridgehead atoms. The van der Waals surface area contributed by atoms with E-state index in [1.165, 1.54) is 6.42 Å². The molecule has 4 heteroatoms. The monoisotopic (exact) mass is 252 g/mol. The normalized spacial score (nSPS) is 44.1. The SMILES string of the molecule is CC1CCC(C(=O)N2C[C@H]3CCC(N)C[C@H]3C2)O1. The summed E-state index contributed by atoms with van der Waals surface area (Å²) >= 11 is 0. The van der Waals surface area contributed by atoms with Crippen LogP contribution < -0.4 is 5.73 Å². The molecular formula is C14H24N2O2. The third-order valence-corrected chi connectivity index (χ3v) is 4.91. The molecule has 2 heterocycles. The number of hydrogen-bond donors (Lipinski definition) is 1. The van der Waals surface area contributed by atoms with Crippen molar-refractivity contribution < 1.29 is 9.53 Å². The van der Waals surface area contributed by atoms with Gasteiger partial charge in [-0.25, -0.2) is 0 Å². The molecule has 1 amide bonds. The van der Waals surface area contributed by atoms with Crippen LogP contribution in [-0.4, -0.2) is 42.1 Å². The zero-order valence-electron chi connectivity index (χ0n) is 11.2. The van der Waals surface area contributed by atoms with Crippen molar-refractivity contribution in [1.82, 2.24) is 4.90 Å². The highest BCUT2D eigenvalue weighted by Crippen LogP contribution is 2.36. The second kappa shape index (κ2) is 4.82. The average molecular weight is 252 g/mol. The van der Waals surface area contributed by atoms with E-state index in [-0.39, 0.29) is 18.1 Å². The minimum absolute atomic E-state index is 0.172. The molecule has 1 aliphatic carbocycles. The Morgan fingerprint density at radius 2 is 1.94 bits per heavy atom. The van der Waals surface area contributed by atoms with E-state index in [0.29, 0.717) is 17.9 Å². The van der Waals surface area contributed by atoms with Crippen LogP contribution in [0.2, 0.25) is 0 Å². The van der Waals surface area contributed by atoms with Gasteiger partial charge in [-0.05, 0) is 50.9 Å². The number of carbonyl (C=O) groups excluding carboxylic acids is 1. The van der Waals surface area contributed by atoms with E-state index in [0.717, 1.165) is 38.8 Å². The van der Waals surface area contributed by atoms with Crippen molar-refractivity contribution in [2.24, 2.45) is 17.6 Å². The van der Waals surface area contributed by atoms with Crippen LogP contribution >= 0.6 is 0 Å². The van der Waals surface area contributed by atoms with Gasteiger partial charge in [-0.1, -0.05) is 0 Å². The third kappa shape index (κ3) is 2.28. The molecule has 3 rings (SSSR count). The van der Waals surface area contributed by atoms with Crippen LogP contribution in [0.25, 0.3) is 0 Å². The Labute approximate surface area is 109 Å². The van der Waals surface area contributed by atoms with E-state index in [4.69, 9.17) is 10.5 Å². The molecule has 4 nitrogen and oxygen atoms in total. The van der Waals surface area contributed by atoms with Crippen molar-refractivity contribution in [2.45, 2.75) is 57.3 Å².